The minimum atomic E-state index is -3.99. The van der Waals surface area contributed by atoms with Gasteiger partial charge in [-0.1, -0.05) is 24.6 Å². The van der Waals surface area contributed by atoms with E-state index in [9.17, 15) is 33.3 Å². The highest BCUT2D eigenvalue weighted by Gasteiger charge is 2.63. The van der Waals surface area contributed by atoms with Gasteiger partial charge in [-0.2, -0.15) is 0 Å². The molecule has 4 saturated heterocycles. The first-order valence-electron chi connectivity index (χ1n) is 16.9. The lowest BCUT2D eigenvalue weighted by Gasteiger charge is -2.55. The van der Waals surface area contributed by atoms with E-state index in [-0.39, 0.29) is 23.1 Å². The van der Waals surface area contributed by atoms with E-state index in [1.54, 1.807) is 13.0 Å². The van der Waals surface area contributed by atoms with Crippen LogP contribution in [0.25, 0.3) is 10.8 Å². The molecule has 5 fully saturated rings. The quantitative estimate of drug-likeness (QED) is 0.277. The van der Waals surface area contributed by atoms with Crippen LogP contribution < -0.4 is 4.31 Å². The molecule has 5 atom stereocenters. The number of carbonyl (C=O) groups is 2. The van der Waals surface area contributed by atoms with Crippen LogP contribution in [0.5, 0.6) is 0 Å². The van der Waals surface area contributed by atoms with Gasteiger partial charge in [-0.25, -0.2) is 13.2 Å². The number of benzene rings is 2. The van der Waals surface area contributed by atoms with Crippen molar-refractivity contribution in [1.29, 1.82) is 0 Å². The number of piperazine rings is 3. The number of quaternary nitrogens is 2. The fraction of sp³-hybridized carbons (Fsp3) is 0.588. The number of fused-ring (bicyclic) bond motifs is 6. The van der Waals surface area contributed by atoms with Crippen molar-refractivity contribution in [2.45, 2.75) is 62.1 Å². The Hall–Kier alpha value is -3.03. The lowest BCUT2D eigenvalue weighted by atomic mass is 9.71. The summed E-state index contributed by atoms with van der Waals surface area (Å²) >= 11 is 0. The molecule has 0 radical (unpaired) electrons. The fourth-order valence-electron chi connectivity index (χ4n) is 10.1. The first-order chi connectivity index (χ1) is 22.0. The van der Waals surface area contributed by atoms with Gasteiger partial charge in [0.2, 0.25) is 5.91 Å². The zero-order chi connectivity index (χ0) is 32.2. The third-order valence-corrected chi connectivity index (χ3v) is 14.4. The number of nitrogens with zero attached hydrogens (tertiary/aromatic N) is 4. The van der Waals surface area contributed by atoms with Gasteiger partial charge in [0, 0.05) is 30.8 Å². The summed E-state index contributed by atoms with van der Waals surface area (Å²) in [6.07, 6.45) is 2.60. The van der Waals surface area contributed by atoms with Crippen LogP contribution in [-0.4, -0.2) is 127 Å². The van der Waals surface area contributed by atoms with Crippen molar-refractivity contribution >= 4 is 38.4 Å². The second kappa shape index (κ2) is 10.5. The Morgan fingerprint density at radius 2 is 1.72 bits per heavy atom. The Kier molecular flexibility index (Phi) is 6.91. The number of hydrogen-bond donors (Lipinski definition) is 3. The molecule has 6 aliphatic heterocycles. The molecular weight excluding hydrogens is 608 g/mol. The van der Waals surface area contributed by atoms with Gasteiger partial charge < -0.3 is 29.2 Å². The summed E-state index contributed by atoms with van der Waals surface area (Å²) in [6.45, 7) is 10.7. The van der Waals surface area contributed by atoms with Crippen molar-refractivity contribution in [2.75, 3.05) is 63.3 Å². The maximum absolute atomic E-state index is 14.4. The molecule has 2 aromatic rings. The summed E-state index contributed by atoms with van der Waals surface area (Å²) in [4.78, 5) is 27.3. The summed E-state index contributed by atoms with van der Waals surface area (Å²) < 4.78 is 32.4. The van der Waals surface area contributed by atoms with Crippen LogP contribution >= 0.6 is 0 Å². The van der Waals surface area contributed by atoms with Crippen molar-refractivity contribution in [3.05, 3.63) is 47.2 Å². The molecule has 0 spiro atoms. The molecule has 0 aromatic heterocycles. The topological polar surface area (TPSA) is 135 Å². The van der Waals surface area contributed by atoms with Crippen molar-refractivity contribution in [3.8, 4) is 0 Å². The predicted octanol–water partition coefficient (Wildman–Crippen LogP) is 1.66. The van der Waals surface area contributed by atoms with Crippen LogP contribution in [0.1, 0.15) is 38.2 Å². The van der Waals surface area contributed by atoms with Crippen molar-refractivity contribution < 1.29 is 42.3 Å². The average molecular weight is 653 g/mol. The van der Waals surface area contributed by atoms with E-state index >= 15 is 0 Å². The van der Waals surface area contributed by atoms with Gasteiger partial charge in [0.25, 0.3) is 10.0 Å². The Morgan fingerprint density at radius 1 is 1.02 bits per heavy atom. The van der Waals surface area contributed by atoms with Crippen LogP contribution in [0.4, 0.5) is 5.69 Å². The Labute approximate surface area is 269 Å². The molecule has 246 valence electrons. The minimum Gasteiger partial charge on any atom is -0.477 e. The van der Waals surface area contributed by atoms with Crippen LogP contribution in [-0.2, 0) is 26.0 Å². The van der Waals surface area contributed by atoms with Crippen molar-refractivity contribution in [3.63, 3.8) is 0 Å². The average Bonchev–Trinajstić information content (AvgIpc) is 3.47. The standard InChI is InChI=1S/C34H43N4O7S/c1-21(40)28-31-24-6-3-8-26(30(24)32(34(42)43)35(31)33(28)41)36-25-7-2-5-23-22(9-10-27(29(23)25)46(36,44)45)11-13-38-17-14-37(15-18-38,16-19-38)12-4-20-39/h2,5,7,9-10,21,24,26,28,31,39-40H,3-4,6,8,11-20H2,1H3/q+1/p+1. The van der Waals surface area contributed by atoms with Gasteiger partial charge in [-0.05, 0) is 48.4 Å². The summed E-state index contributed by atoms with van der Waals surface area (Å²) in [5, 5.41) is 31.7. The molecule has 2 bridgehead atoms. The number of hydrogen-bond acceptors (Lipinski definition) is 6. The lowest BCUT2D eigenvalue weighted by Crippen LogP contribution is -2.75. The number of aliphatic hydroxyl groups is 2. The predicted molar refractivity (Wildman–Crippen MR) is 170 cm³/mol. The highest BCUT2D eigenvalue weighted by atomic mass is 32.2. The number of amides is 1. The van der Waals surface area contributed by atoms with Gasteiger partial charge in [0.1, 0.15) is 45.0 Å². The van der Waals surface area contributed by atoms with Crippen LogP contribution in [0.2, 0.25) is 0 Å². The van der Waals surface area contributed by atoms with Crippen LogP contribution in [0, 0.1) is 11.8 Å². The molecule has 1 amide bonds. The molecular formula is C34H44N4O7S+2. The SMILES string of the molecule is CC(O)C1C(=O)N2C(C(=O)O)=C3C(CCCC3N3c4cccc5c(CC[N+]67CC[N+](CCCO)(CC6)CC7)ccc(c45)S3(=O)=O)C12. The molecule has 9 rings (SSSR count). The molecule has 46 heavy (non-hydrogen) atoms. The summed E-state index contributed by atoms with van der Waals surface area (Å²) in [7, 11) is -3.99. The van der Waals surface area contributed by atoms with Gasteiger partial charge in [0.05, 0.1) is 47.8 Å². The maximum Gasteiger partial charge on any atom is 0.352 e. The third-order valence-electron chi connectivity index (χ3n) is 12.5. The van der Waals surface area contributed by atoms with E-state index < -0.39 is 46.0 Å². The van der Waals surface area contributed by atoms with E-state index in [1.165, 1.54) is 9.21 Å². The Balaban J connectivity index is 1.13. The zero-order valence-corrected chi connectivity index (χ0v) is 27.2. The number of sulfonamides is 1. The molecule has 12 heteroatoms. The molecule has 1 saturated carbocycles. The van der Waals surface area contributed by atoms with E-state index in [1.807, 2.05) is 24.3 Å². The number of anilines is 1. The smallest absolute Gasteiger partial charge is 0.352 e. The monoisotopic (exact) mass is 652 g/mol. The van der Waals surface area contributed by atoms with Crippen LogP contribution in [0.15, 0.2) is 46.5 Å². The fourth-order valence-corrected chi connectivity index (χ4v) is 12.0. The van der Waals surface area contributed by atoms with E-state index in [0.717, 1.165) is 85.1 Å². The van der Waals surface area contributed by atoms with Gasteiger partial charge in [-0.3, -0.25) is 9.10 Å². The second-order valence-electron chi connectivity index (χ2n) is 14.7. The number of carboxylic acids is 1. The molecule has 5 unspecified atom stereocenters. The first kappa shape index (κ1) is 30.3. The van der Waals surface area contributed by atoms with Crippen LogP contribution in [0.3, 0.4) is 0 Å². The maximum atomic E-state index is 14.4. The Bertz CT molecular complexity index is 1760. The van der Waals surface area contributed by atoms with Gasteiger partial charge >= 0.3 is 5.97 Å². The minimum absolute atomic E-state index is 0.100. The summed E-state index contributed by atoms with van der Waals surface area (Å²) in [5.41, 5.74) is 2.12. The highest BCUT2D eigenvalue weighted by Crippen LogP contribution is 2.55. The molecule has 6 heterocycles. The molecule has 1 aliphatic carbocycles. The summed E-state index contributed by atoms with van der Waals surface area (Å²) in [6, 6.07) is 8.28. The largest absolute Gasteiger partial charge is 0.477 e. The Morgan fingerprint density at radius 3 is 2.37 bits per heavy atom. The summed E-state index contributed by atoms with van der Waals surface area (Å²) in [5.74, 6) is -2.62. The number of β-lactam (4-membered cyclic amide) rings is 1. The number of carboxylic acid groups (broad SMARTS) is 1. The third kappa shape index (κ3) is 4.12. The van der Waals surface area contributed by atoms with E-state index in [4.69, 9.17) is 0 Å². The molecule has 3 N–H and O–H groups in total. The van der Waals surface area contributed by atoms with E-state index in [2.05, 4.69) is 0 Å². The normalized spacial score (nSPS) is 34.5. The highest BCUT2D eigenvalue weighted by molar-refractivity contribution is 7.93. The molecule has 2 aromatic carbocycles. The van der Waals surface area contributed by atoms with E-state index in [0.29, 0.717) is 35.9 Å². The second-order valence-corrected chi connectivity index (χ2v) is 16.4. The number of aliphatic hydroxyl groups excluding tert-OH is 2. The number of carbonyl (C=O) groups excluding carboxylic acids is 1. The number of aliphatic carboxylic acids is 1. The zero-order valence-electron chi connectivity index (χ0n) is 26.3. The molecule has 7 aliphatic rings. The first-order valence-corrected chi connectivity index (χ1v) is 18.4. The lowest BCUT2D eigenvalue weighted by molar-refractivity contribution is -1.08. The molecule has 11 nitrogen and oxygen atoms in total. The van der Waals surface area contributed by atoms with Gasteiger partial charge in [-0.15, -0.1) is 0 Å². The van der Waals surface area contributed by atoms with Gasteiger partial charge in [0.15, 0.2) is 0 Å². The number of rotatable bonds is 9. The van der Waals surface area contributed by atoms with Crippen molar-refractivity contribution in [2.24, 2.45) is 11.8 Å². The van der Waals surface area contributed by atoms with Crippen molar-refractivity contribution in [1.82, 2.24) is 4.90 Å².